The van der Waals surface area contributed by atoms with Gasteiger partial charge in [-0.05, 0) is 44.1 Å². The van der Waals surface area contributed by atoms with Crippen molar-refractivity contribution in [3.63, 3.8) is 0 Å². The Morgan fingerprint density at radius 2 is 1.79 bits per heavy atom. The predicted molar refractivity (Wildman–Crippen MR) is 112 cm³/mol. The van der Waals surface area contributed by atoms with Crippen LogP contribution in [0.3, 0.4) is 0 Å². The third-order valence-electron chi connectivity index (χ3n) is 5.08. The molecule has 0 saturated carbocycles. The van der Waals surface area contributed by atoms with Crippen LogP contribution in [-0.2, 0) is 19.3 Å². The molecule has 0 bridgehead atoms. The highest BCUT2D eigenvalue weighted by atomic mass is 17.2. The van der Waals surface area contributed by atoms with Crippen molar-refractivity contribution >= 4 is 12.0 Å². The number of hydrogen-bond donors (Lipinski definition) is 0. The lowest BCUT2D eigenvalue weighted by atomic mass is 9.82. The highest BCUT2D eigenvalue weighted by Crippen LogP contribution is 2.41. The molecule has 4 heteroatoms. The number of esters is 1. The second-order valence-corrected chi connectivity index (χ2v) is 8.59. The molecular formula is C24H34O4. The number of hydrogen-bond acceptors (Lipinski definition) is 4. The van der Waals surface area contributed by atoms with Crippen molar-refractivity contribution < 1.29 is 19.3 Å². The molecule has 4 atom stereocenters. The number of ether oxygens (including phenoxy) is 1. The lowest BCUT2D eigenvalue weighted by Gasteiger charge is -2.24. The Kier molecular flexibility index (Phi) is 8.02. The van der Waals surface area contributed by atoms with E-state index < -0.39 is 11.2 Å². The minimum Gasteiger partial charge on any atom is -0.469 e. The fourth-order valence-corrected chi connectivity index (χ4v) is 3.82. The Morgan fingerprint density at radius 1 is 1.11 bits per heavy atom. The maximum Gasteiger partial charge on any atom is 0.308 e. The van der Waals surface area contributed by atoms with Gasteiger partial charge in [-0.25, -0.2) is 9.78 Å². The monoisotopic (exact) mass is 386 g/mol. The smallest absolute Gasteiger partial charge is 0.308 e. The molecule has 2 rings (SSSR count). The third kappa shape index (κ3) is 7.25. The van der Waals surface area contributed by atoms with Gasteiger partial charge in [0.25, 0.3) is 0 Å². The first-order chi connectivity index (χ1) is 13.2. The van der Waals surface area contributed by atoms with E-state index in [0.29, 0.717) is 18.3 Å². The zero-order valence-corrected chi connectivity index (χ0v) is 17.8. The average molecular weight is 387 g/mol. The Labute approximate surface area is 169 Å². The third-order valence-corrected chi connectivity index (χ3v) is 5.08. The normalized spacial score (nSPS) is 27.3. The molecule has 1 fully saturated rings. The van der Waals surface area contributed by atoms with Gasteiger partial charge in [0.05, 0.1) is 13.5 Å². The fourth-order valence-electron chi connectivity index (χ4n) is 3.82. The van der Waals surface area contributed by atoms with Gasteiger partial charge in [0.1, 0.15) is 11.2 Å². The van der Waals surface area contributed by atoms with Crippen LogP contribution in [0, 0.1) is 11.8 Å². The van der Waals surface area contributed by atoms with Crippen LogP contribution >= 0.6 is 0 Å². The Balaban J connectivity index is 1.79. The molecule has 0 aromatic heterocycles. The van der Waals surface area contributed by atoms with Crippen LogP contribution in [0.15, 0.2) is 48.6 Å². The average Bonchev–Trinajstić information content (AvgIpc) is 2.94. The molecule has 0 unspecified atom stereocenters. The van der Waals surface area contributed by atoms with E-state index in [-0.39, 0.29) is 12.4 Å². The molecule has 1 aromatic carbocycles. The van der Waals surface area contributed by atoms with Crippen molar-refractivity contribution in [3.8, 4) is 0 Å². The molecule has 1 aromatic rings. The van der Waals surface area contributed by atoms with E-state index in [9.17, 15) is 4.79 Å². The van der Waals surface area contributed by atoms with E-state index in [2.05, 4.69) is 62.4 Å². The summed E-state index contributed by atoms with van der Waals surface area (Å²) in [5.41, 5.74) is 0.209. The van der Waals surface area contributed by atoms with Gasteiger partial charge in [0, 0.05) is 6.42 Å². The lowest BCUT2D eigenvalue weighted by molar-refractivity contribution is -0.346. The number of methoxy groups -OCH3 is 1. The molecule has 1 saturated heterocycles. The first-order valence-corrected chi connectivity index (χ1v) is 10.1. The summed E-state index contributed by atoms with van der Waals surface area (Å²) in [6.07, 6.45) is 11.6. The number of rotatable bonds is 9. The number of allylic oxidation sites excluding steroid dienone is 3. The van der Waals surface area contributed by atoms with Crippen LogP contribution in [0.25, 0.3) is 6.08 Å². The number of benzene rings is 1. The van der Waals surface area contributed by atoms with Gasteiger partial charge in [-0.3, -0.25) is 4.79 Å². The maximum absolute atomic E-state index is 11.6. The minimum atomic E-state index is -0.623. The summed E-state index contributed by atoms with van der Waals surface area (Å²) in [7, 11) is 1.39. The maximum atomic E-state index is 11.6. The van der Waals surface area contributed by atoms with E-state index in [0.717, 1.165) is 12.8 Å². The SMILES string of the molecule is COC(=O)C[C@@]1(C)C[C@@](C)(C[C@@H](C)/C=C/C[C@H](C)/C=C/c2ccccc2)OO1. The standard InChI is InChI=1S/C24H34O4/c1-19(14-15-21-12-7-6-8-13-21)10-9-11-20(2)16-23(3)18-24(4,28-27-23)17-22(25)26-5/h6-9,11-15,19-20H,10,16-18H2,1-5H3/b11-9+,15-14+/t19-,20-,23+,24-/m0/s1. The Hall–Kier alpha value is -1.91. The van der Waals surface area contributed by atoms with E-state index >= 15 is 0 Å². The van der Waals surface area contributed by atoms with Gasteiger partial charge < -0.3 is 4.74 Å². The number of carbonyl (C=O) groups excluding carboxylic acids is 1. The molecule has 4 nitrogen and oxygen atoms in total. The van der Waals surface area contributed by atoms with E-state index in [1.165, 1.54) is 12.7 Å². The van der Waals surface area contributed by atoms with Gasteiger partial charge in [-0.15, -0.1) is 0 Å². The van der Waals surface area contributed by atoms with Crippen molar-refractivity contribution in [2.75, 3.05) is 7.11 Å². The molecule has 1 aliphatic rings. The van der Waals surface area contributed by atoms with Crippen LogP contribution in [0.5, 0.6) is 0 Å². The number of carbonyl (C=O) groups is 1. The van der Waals surface area contributed by atoms with E-state index in [1.807, 2.05) is 19.9 Å². The molecule has 1 heterocycles. The summed E-state index contributed by atoms with van der Waals surface area (Å²) in [4.78, 5) is 22.7. The molecule has 0 spiro atoms. The van der Waals surface area contributed by atoms with Crippen LogP contribution in [0.1, 0.15) is 58.9 Å². The van der Waals surface area contributed by atoms with Crippen molar-refractivity contribution in [2.24, 2.45) is 11.8 Å². The topological polar surface area (TPSA) is 44.8 Å². The van der Waals surface area contributed by atoms with Crippen LogP contribution < -0.4 is 0 Å². The Morgan fingerprint density at radius 3 is 2.46 bits per heavy atom. The fraction of sp³-hybridized carbons (Fsp3) is 0.542. The molecule has 28 heavy (non-hydrogen) atoms. The second-order valence-electron chi connectivity index (χ2n) is 8.59. The summed E-state index contributed by atoms with van der Waals surface area (Å²) in [5.74, 6) is 0.564. The molecular weight excluding hydrogens is 352 g/mol. The quantitative estimate of drug-likeness (QED) is 0.308. The van der Waals surface area contributed by atoms with E-state index in [1.54, 1.807) is 0 Å². The lowest BCUT2D eigenvalue weighted by Crippen LogP contribution is -2.32. The summed E-state index contributed by atoms with van der Waals surface area (Å²) in [5, 5.41) is 0. The van der Waals surface area contributed by atoms with Gasteiger partial charge in [0.2, 0.25) is 0 Å². The van der Waals surface area contributed by atoms with Crippen LogP contribution in [-0.4, -0.2) is 24.3 Å². The largest absolute Gasteiger partial charge is 0.469 e. The van der Waals surface area contributed by atoms with Gasteiger partial charge in [0.15, 0.2) is 0 Å². The van der Waals surface area contributed by atoms with Gasteiger partial charge in [-0.1, -0.05) is 68.5 Å². The Bertz CT molecular complexity index is 681. The highest BCUT2D eigenvalue weighted by Gasteiger charge is 2.47. The minimum absolute atomic E-state index is 0.203. The molecule has 0 amide bonds. The second kappa shape index (κ2) is 10.0. The van der Waals surface area contributed by atoms with Gasteiger partial charge >= 0.3 is 5.97 Å². The zero-order chi connectivity index (χ0) is 20.6. The summed E-state index contributed by atoms with van der Waals surface area (Å²) in [6.45, 7) is 8.36. The predicted octanol–water partition coefficient (Wildman–Crippen LogP) is 5.74. The van der Waals surface area contributed by atoms with E-state index in [4.69, 9.17) is 14.5 Å². The summed E-state index contributed by atoms with van der Waals surface area (Å²) >= 11 is 0. The molecule has 0 radical (unpaired) electrons. The first kappa shape index (κ1) is 22.4. The zero-order valence-electron chi connectivity index (χ0n) is 17.8. The highest BCUT2D eigenvalue weighted by molar-refractivity contribution is 5.70. The van der Waals surface area contributed by atoms with Crippen LogP contribution in [0.2, 0.25) is 0 Å². The summed E-state index contributed by atoms with van der Waals surface area (Å²) < 4.78 is 4.76. The molecule has 1 aliphatic heterocycles. The van der Waals surface area contributed by atoms with Crippen molar-refractivity contribution in [3.05, 3.63) is 54.1 Å². The molecule has 0 N–H and O–H groups in total. The molecule has 154 valence electrons. The van der Waals surface area contributed by atoms with Crippen molar-refractivity contribution in [1.29, 1.82) is 0 Å². The van der Waals surface area contributed by atoms with Crippen molar-refractivity contribution in [1.82, 2.24) is 0 Å². The van der Waals surface area contributed by atoms with Crippen molar-refractivity contribution in [2.45, 2.75) is 64.6 Å². The van der Waals surface area contributed by atoms with Crippen LogP contribution in [0.4, 0.5) is 0 Å². The first-order valence-electron chi connectivity index (χ1n) is 10.1. The molecule has 0 aliphatic carbocycles. The van der Waals surface area contributed by atoms with Gasteiger partial charge in [-0.2, -0.15) is 0 Å². The summed E-state index contributed by atoms with van der Waals surface area (Å²) in [6, 6.07) is 10.4.